The van der Waals surface area contributed by atoms with E-state index < -0.39 is 0 Å². The molecule has 2 aliphatic heterocycles. The van der Waals surface area contributed by atoms with Crippen molar-refractivity contribution >= 4 is 34.3 Å². The third-order valence-corrected chi connectivity index (χ3v) is 5.37. The number of amides is 1. The van der Waals surface area contributed by atoms with Crippen molar-refractivity contribution in [2.24, 2.45) is 0 Å². The Bertz CT molecular complexity index is 1000. The molecule has 0 unspecified atom stereocenters. The van der Waals surface area contributed by atoms with Gasteiger partial charge in [-0.25, -0.2) is 4.98 Å². The molecule has 0 bridgehead atoms. The molecule has 2 fully saturated rings. The van der Waals surface area contributed by atoms with E-state index in [-0.39, 0.29) is 5.91 Å². The first-order valence-corrected chi connectivity index (χ1v) is 10.2. The Morgan fingerprint density at radius 3 is 2.43 bits per heavy atom. The van der Waals surface area contributed by atoms with Gasteiger partial charge in [-0.3, -0.25) is 4.79 Å². The molecule has 30 heavy (non-hydrogen) atoms. The number of H-pyrrole nitrogens is 1. The number of benzene rings is 1. The molecule has 5 rings (SSSR count). The molecule has 2 aliphatic rings. The van der Waals surface area contributed by atoms with E-state index in [1.807, 2.05) is 30.5 Å². The summed E-state index contributed by atoms with van der Waals surface area (Å²) in [6, 6.07) is 9.51. The summed E-state index contributed by atoms with van der Waals surface area (Å²) >= 11 is 0. The summed E-state index contributed by atoms with van der Waals surface area (Å²) in [6.07, 6.45) is 1.88. The minimum Gasteiger partial charge on any atom is -0.378 e. The lowest BCUT2D eigenvalue weighted by Crippen LogP contribution is -2.40. The highest BCUT2D eigenvalue weighted by Gasteiger charge is 2.21. The normalized spacial score (nSPS) is 17.3. The molecule has 1 amide bonds. The van der Waals surface area contributed by atoms with Gasteiger partial charge in [-0.1, -0.05) is 0 Å². The van der Waals surface area contributed by atoms with Crippen LogP contribution in [0.2, 0.25) is 0 Å². The molecule has 2 aromatic heterocycles. The zero-order valence-electron chi connectivity index (χ0n) is 16.6. The molecule has 156 valence electrons. The first kappa shape index (κ1) is 18.8. The average Bonchev–Trinajstić information content (AvgIpc) is 3.28. The third kappa shape index (κ3) is 3.94. The van der Waals surface area contributed by atoms with Crippen molar-refractivity contribution in [3.8, 4) is 0 Å². The molecule has 0 spiro atoms. The highest BCUT2D eigenvalue weighted by Crippen LogP contribution is 2.22. The third-order valence-electron chi connectivity index (χ3n) is 5.37. The standard InChI is InChI=1S/C21H24N6O3/c28-20(23-16-1-2-17-15(13-16)3-4-22-17)18-14-19(26-5-9-29-10-6-26)25-21(24-18)27-7-11-30-12-8-27/h1-4,13-14,22H,5-12H2,(H,23,28). The smallest absolute Gasteiger partial charge is 0.274 e. The van der Waals surface area contributed by atoms with Crippen molar-refractivity contribution in [2.75, 3.05) is 67.7 Å². The number of fused-ring (bicyclic) bond motifs is 1. The van der Waals surface area contributed by atoms with Crippen LogP contribution in [0.15, 0.2) is 36.5 Å². The van der Waals surface area contributed by atoms with Gasteiger partial charge in [0.25, 0.3) is 5.91 Å². The highest BCUT2D eigenvalue weighted by molar-refractivity contribution is 6.04. The van der Waals surface area contributed by atoms with Gasteiger partial charge in [0.1, 0.15) is 11.5 Å². The van der Waals surface area contributed by atoms with Gasteiger partial charge in [0.15, 0.2) is 0 Å². The molecule has 1 aromatic carbocycles. The van der Waals surface area contributed by atoms with Crippen LogP contribution in [0.5, 0.6) is 0 Å². The van der Waals surface area contributed by atoms with Crippen molar-refractivity contribution < 1.29 is 14.3 Å². The van der Waals surface area contributed by atoms with Gasteiger partial charge in [-0.15, -0.1) is 0 Å². The number of hydrogen-bond acceptors (Lipinski definition) is 7. The number of morpholine rings is 2. The van der Waals surface area contributed by atoms with Crippen LogP contribution >= 0.6 is 0 Å². The lowest BCUT2D eigenvalue weighted by atomic mass is 10.2. The maximum Gasteiger partial charge on any atom is 0.274 e. The summed E-state index contributed by atoms with van der Waals surface area (Å²) in [6.45, 7) is 5.45. The highest BCUT2D eigenvalue weighted by atomic mass is 16.5. The quantitative estimate of drug-likeness (QED) is 0.681. The van der Waals surface area contributed by atoms with Crippen molar-refractivity contribution in [3.05, 3.63) is 42.2 Å². The Morgan fingerprint density at radius 1 is 0.933 bits per heavy atom. The summed E-state index contributed by atoms with van der Waals surface area (Å²) < 4.78 is 10.9. The second kappa shape index (κ2) is 8.29. The predicted molar refractivity (Wildman–Crippen MR) is 114 cm³/mol. The Balaban J connectivity index is 1.44. The SMILES string of the molecule is O=C(Nc1ccc2[nH]ccc2c1)c1cc(N2CCOCC2)nc(N2CCOCC2)n1. The van der Waals surface area contributed by atoms with Crippen molar-refractivity contribution in [2.45, 2.75) is 0 Å². The summed E-state index contributed by atoms with van der Waals surface area (Å²) in [5, 5.41) is 4.01. The lowest BCUT2D eigenvalue weighted by Gasteiger charge is -2.31. The van der Waals surface area contributed by atoms with E-state index in [0.29, 0.717) is 51.2 Å². The van der Waals surface area contributed by atoms with Crippen LogP contribution in [0.1, 0.15) is 10.5 Å². The molecule has 2 N–H and O–H groups in total. The number of carbonyl (C=O) groups excluding carboxylic acids is 1. The molecule has 0 radical (unpaired) electrons. The number of rotatable bonds is 4. The van der Waals surface area contributed by atoms with Gasteiger partial charge in [-0.05, 0) is 24.3 Å². The van der Waals surface area contributed by atoms with Crippen LogP contribution in [-0.2, 0) is 9.47 Å². The van der Waals surface area contributed by atoms with E-state index >= 15 is 0 Å². The minimum atomic E-state index is -0.253. The Labute approximate surface area is 174 Å². The van der Waals surface area contributed by atoms with E-state index in [9.17, 15) is 4.79 Å². The summed E-state index contributed by atoms with van der Waals surface area (Å²) in [7, 11) is 0. The number of nitrogens with zero attached hydrogens (tertiary/aromatic N) is 4. The van der Waals surface area contributed by atoms with Crippen molar-refractivity contribution in [1.82, 2.24) is 15.0 Å². The first-order valence-electron chi connectivity index (χ1n) is 10.2. The van der Waals surface area contributed by atoms with Crippen LogP contribution in [0.3, 0.4) is 0 Å². The topological polar surface area (TPSA) is 95.6 Å². The van der Waals surface area contributed by atoms with Crippen LogP contribution in [0.25, 0.3) is 10.9 Å². The van der Waals surface area contributed by atoms with Crippen LogP contribution in [0.4, 0.5) is 17.5 Å². The maximum atomic E-state index is 13.1. The molecular weight excluding hydrogens is 384 g/mol. The average molecular weight is 408 g/mol. The van der Waals surface area contributed by atoms with E-state index in [2.05, 4.69) is 25.1 Å². The largest absolute Gasteiger partial charge is 0.378 e. The monoisotopic (exact) mass is 408 g/mol. The molecule has 2 saturated heterocycles. The number of nitrogens with one attached hydrogen (secondary N) is 2. The van der Waals surface area contributed by atoms with E-state index in [4.69, 9.17) is 14.5 Å². The van der Waals surface area contributed by atoms with Gasteiger partial charge in [0.05, 0.1) is 26.4 Å². The van der Waals surface area contributed by atoms with E-state index in [0.717, 1.165) is 35.5 Å². The summed E-state index contributed by atoms with van der Waals surface area (Å²) in [5.74, 6) is 1.06. The van der Waals surface area contributed by atoms with Crippen LogP contribution in [-0.4, -0.2) is 73.5 Å². The van der Waals surface area contributed by atoms with E-state index in [1.165, 1.54) is 0 Å². The Kier molecular flexibility index (Phi) is 5.20. The number of ether oxygens (including phenoxy) is 2. The molecule has 0 saturated carbocycles. The fourth-order valence-electron chi connectivity index (χ4n) is 3.72. The van der Waals surface area contributed by atoms with Gasteiger partial charge in [-0.2, -0.15) is 4.98 Å². The van der Waals surface area contributed by atoms with Gasteiger partial charge in [0.2, 0.25) is 5.95 Å². The van der Waals surface area contributed by atoms with E-state index in [1.54, 1.807) is 6.07 Å². The number of hydrogen-bond donors (Lipinski definition) is 2. The Morgan fingerprint density at radius 2 is 1.67 bits per heavy atom. The molecule has 0 aliphatic carbocycles. The zero-order valence-corrected chi connectivity index (χ0v) is 16.6. The number of aromatic nitrogens is 3. The fourth-order valence-corrected chi connectivity index (χ4v) is 3.72. The molecule has 4 heterocycles. The van der Waals surface area contributed by atoms with Gasteiger partial charge < -0.3 is 29.6 Å². The zero-order chi connectivity index (χ0) is 20.3. The van der Waals surface area contributed by atoms with Gasteiger partial charge >= 0.3 is 0 Å². The summed E-state index contributed by atoms with van der Waals surface area (Å²) in [4.78, 5) is 29.8. The Hall–Kier alpha value is -3.17. The summed E-state index contributed by atoms with van der Waals surface area (Å²) in [5.41, 5.74) is 2.10. The van der Waals surface area contributed by atoms with Crippen molar-refractivity contribution in [1.29, 1.82) is 0 Å². The number of aromatic amines is 1. The number of anilines is 3. The first-order chi connectivity index (χ1) is 14.8. The predicted octanol–water partition coefficient (Wildman–Crippen LogP) is 1.88. The molecule has 9 nitrogen and oxygen atoms in total. The second-order valence-electron chi connectivity index (χ2n) is 7.34. The van der Waals surface area contributed by atoms with Gasteiger partial charge in [0, 0.05) is 55.0 Å². The lowest BCUT2D eigenvalue weighted by molar-refractivity contribution is 0.102. The molecule has 3 aromatic rings. The molecular formula is C21H24N6O3. The van der Waals surface area contributed by atoms with Crippen LogP contribution < -0.4 is 15.1 Å². The molecule has 9 heteroatoms. The molecule has 0 atom stereocenters. The van der Waals surface area contributed by atoms with Crippen LogP contribution in [0, 0.1) is 0 Å². The fraction of sp³-hybridized carbons (Fsp3) is 0.381. The van der Waals surface area contributed by atoms with Crippen molar-refractivity contribution in [3.63, 3.8) is 0 Å². The maximum absolute atomic E-state index is 13.1. The number of carbonyl (C=O) groups is 1. The second-order valence-corrected chi connectivity index (χ2v) is 7.34. The minimum absolute atomic E-state index is 0.253.